The highest BCUT2D eigenvalue weighted by Crippen LogP contribution is 2.35. The molecule has 30 heavy (non-hydrogen) atoms. The summed E-state index contributed by atoms with van der Waals surface area (Å²) in [5.74, 6) is -0.0242. The van der Waals surface area contributed by atoms with Crippen molar-refractivity contribution in [1.29, 1.82) is 10.5 Å². The first-order valence-electron chi connectivity index (χ1n) is 8.82. The predicted molar refractivity (Wildman–Crippen MR) is 108 cm³/mol. The van der Waals surface area contributed by atoms with E-state index in [1.54, 1.807) is 6.07 Å². The van der Waals surface area contributed by atoms with Crippen LogP contribution in [0.4, 0.5) is 5.69 Å². The third kappa shape index (κ3) is 3.75. The highest BCUT2D eigenvalue weighted by Gasteiger charge is 2.24. The van der Waals surface area contributed by atoms with Crippen LogP contribution >= 0.6 is 0 Å². The highest BCUT2D eigenvalue weighted by atomic mass is 16.5. The Balaban J connectivity index is 2.15. The average Bonchev–Trinajstić information content (AvgIpc) is 3.13. The number of nitrogen functional groups attached to an aromatic ring is 1. The van der Waals surface area contributed by atoms with Crippen molar-refractivity contribution in [2.45, 2.75) is 6.61 Å². The predicted octanol–water partition coefficient (Wildman–Crippen LogP) is 3.18. The highest BCUT2D eigenvalue weighted by molar-refractivity contribution is 5.96. The molecule has 3 rings (SSSR count). The average molecular weight is 402 g/mol. The van der Waals surface area contributed by atoms with Crippen molar-refractivity contribution in [2.75, 3.05) is 20.0 Å². The fourth-order valence-corrected chi connectivity index (χ4v) is 2.95. The molecule has 0 saturated carbocycles. The second-order valence-electron chi connectivity index (χ2n) is 6.18. The largest absolute Gasteiger partial charge is 0.493 e. The summed E-state index contributed by atoms with van der Waals surface area (Å²) in [4.78, 5) is 12.3. The molecule has 3 aromatic rings. The van der Waals surface area contributed by atoms with Crippen molar-refractivity contribution >= 4 is 11.7 Å². The Morgan fingerprint density at radius 1 is 1.07 bits per heavy atom. The molecular formula is C22H18N4O4. The van der Waals surface area contributed by atoms with E-state index in [0.717, 1.165) is 5.56 Å². The summed E-state index contributed by atoms with van der Waals surface area (Å²) in [5, 5.41) is 19.0. The van der Waals surface area contributed by atoms with Crippen molar-refractivity contribution in [2.24, 2.45) is 0 Å². The number of esters is 1. The number of carbonyl (C=O) groups is 1. The van der Waals surface area contributed by atoms with Gasteiger partial charge in [0.2, 0.25) is 0 Å². The van der Waals surface area contributed by atoms with E-state index in [1.807, 2.05) is 36.4 Å². The zero-order valence-electron chi connectivity index (χ0n) is 16.4. The van der Waals surface area contributed by atoms with Crippen molar-refractivity contribution in [3.63, 3.8) is 0 Å². The van der Waals surface area contributed by atoms with Gasteiger partial charge in [-0.25, -0.2) is 4.79 Å². The number of nitriles is 2. The summed E-state index contributed by atoms with van der Waals surface area (Å²) in [7, 11) is 2.67. The third-order valence-corrected chi connectivity index (χ3v) is 4.44. The Hall–Kier alpha value is -4.43. The van der Waals surface area contributed by atoms with Gasteiger partial charge in [-0.2, -0.15) is 10.5 Å². The minimum atomic E-state index is -0.736. The number of ether oxygens (including phenoxy) is 3. The summed E-state index contributed by atoms with van der Waals surface area (Å²) in [5.41, 5.74) is 7.41. The van der Waals surface area contributed by atoms with Crippen LogP contribution < -0.4 is 15.2 Å². The summed E-state index contributed by atoms with van der Waals surface area (Å²) in [6, 6.07) is 16.6. The molecule has 8 heteroatoms. The van der Waals surface area contributed by atoms with Gasteiger partial charge in [-0.3, -0.25) is 0 Å². The van der Waals surface area contributed by atoms with Crippen molar-refractivity contribution in [3.05, 3.63) is 71.0 Å². The van der Waals surface area contributed by atoms with Gasteiger partial charge in [-0.05, 0) is 5.56 Å². The maximum atomic E-state index is 12.3. The molecule has 0 fully saturated rings. The first-order valence-corrected chi connectivity index (χ1v) is 8.82. The zero-order valence-corrected chi connectivity index (χ0v) is 16.4. The molecule has 2 aromatic carbocycles. The maximum absolute atomic E-state index is 12.3. The quantitative estimate of drug-likeness (QED) is 0.628. The zero-order chi connectivity index (χ0) is 21.7. The van der Waals surface area contributed by atoms with E-state index in [1.165, 1.54) is 31.0 Å². The van der Waals surface area contributed by atoms with Gasteiger partial charge in [0, 0.05) is 18.3 Å². The maximum Gasteiger partial charge on any atom is 0.357 e. The fourth-order valence-electron chi connectivity index (χ4n) is 2.95. The molecule has 150 valence electrons. The molecule has 0 bridgehead atoms. The molecule has 0 aliphatic heterocycles. The number of anilines is 1. The molecule has 0 aliphatic carbocycles. The second-order valence-corrected chi connectivity index (χ2v) is 6.18. The first kappa shape index (κ1) is 20.3. The van der Waals surface area contributed by atoms with Gasteiger partial charge in [0.15, 0.2) is 17.2 Å². The SMILES string of the molecule is COC(=O)c1c(N)c(C#N)cn1-c1cc(OCc2ccccc2)c(OC)cc1C#N. The lowest BCUT2D eigenvalue weighted by Gasteiger charge is -2.16. The Labute approximate surface area is 173 Å². The fraction of sp³-hybridized carbons (Fsp3) is 0.136. The Morgan fingerprint density at radius 3 is 2.37 bits per heavy atom. The summed E-state index contributed by atoms with van der Waals surface area (Å²) >= 11 is 0. The number of nitrogens with zero attached hydrogens (tertiary/aromatic N) is 3. The van der Waals surface area contributed by atoms with Crippen molar-refractivity contribution < 1.29 is 19.0 Å². The molecule has 0 unspecified atom stereocenters. The number of nitrogens with two attached hydrogens (primary N) is 1. The number of benzene rings is 2. The van der Waals surface area contributed by atoms with E-state index >= 15 is 0 Å². The first-order chi connectivity index (χ1) is 14.5. The monoisotopic (exact) mass is 402 g/mol. The molecule has 1 aromatic heterocycles. The Morgan fingerprint density at radius 2 is 1.77 bits per heavy atom. The van der Waals surface area contributed by atoms with E-state index in [0.29, 0.717) is 17.2 Å². The van der Waals surface area contributed by atoms with Gasteiger partial charge in [0.1, 0.15) is 18.7 Å². The van der Waals surface area contributed by atoms with Crippen LogP contribution in [-0.4, -0.2) is 24.8 Å². The molecule has 0 aliphatic rings. The lowest BCUT2D eigenvalue weighted by Crippen LogP contribution is -2.12. The summed E-state index contributed by atoms with van der Waals surface area (Å²) < 4.78 is 17.4. The van der Waals surface area contributed by atoms with E-state index in [9.17, 15) is 15.3 Å². The molecule has 0 amide bonds. The van der Waals surface area contributed by atoms with Gasteiger partial charge in [0.05, 0.1) is 36.7 Å². The van der Waals surface area contributed by atoms with Crippen LogP contribution in [0.1, 0.15) is 27.2 Å². The van der Waals surface area contributed by atoms with Crippen LogP contribution in [0.5, 0.6) is 11.5 Å². The standard InChI is InChI=1S/C22H18N4O4/c1-28-18-8-15(10-23)17(9-19(18)30-13-14-6-4-3-5-7-14)26-12-16(11-24)20(25)21(26)22(27)29-2/h3-9,12H,13,25H2,1-2H3. The molecule has 0 spiro atoms. The Bertz CT molecular complexity index is 1170. The lowest BCUT2D eigenvalue weighted by atomic mass is 10.1. The van der Waals surface area contributed by atoms with E-state index < -0.39 is 5.97 Å². The minimum absolute atomic E-state index is 0.0317. The van der Waals surface area contributed by atoms with Gasteiger partial charge < -0.3 is 24.5 Å². The molecular weight excluding hydrogens is 384 g/mol. The van der Waals surface area contributed by atoms with Crippen LogP contribution in [0.25, 0.3) is 5.69 Å². The summed E-state index contributed by atoms with van der Waals surface area (Å²) in [6.07, 6.45) is 1.38. The van der Waals surface area contributed by atoms with Crippen LogP contribution in [0.15, 0.2) is 48.7 Å². The number of carbonyl (C=O) groups excluding carboxylic acids is 1. The van der Waals surface area contributed by atoms with Crippen LogP contribution in [0, 0.1) is 22.7 Å². The third-order valence-electron chi connectivity index (χ3n) is 4.44. The number of hydrogen-bond acceptors (Lipinski definition) is 7. The number of methoxy groups -OCH3 is 2. The van der Waals surface area contributed by atoms with E-state index in [2.05, 4.69) is 6.07 Å². The molecule has 0 radical (unpaired) electrons. The van der Waals surface area contributed by atoms with Crippen molar-refractivity contribution in [3.8, 4) is 29.3 Å². The topological polar surface area (TPSA) is 123 Å². The number of hydrogen-bond donors (Lipinski definition) is 1. The van der Waals surface area contributed by atoms with E-state index in [-0.39, 0.29) is 29.1 Å². The number of rotatable bonds is 6. The van der Waals surface area contributed by atoms with Crippen LogP contribution in [-0.2, 0) is 11.3 Å². The number of aromatic nitrogens is 1. The molecule has 0 saturated heterocycles. The lowest BCUT2D eigenvalue weighted by molar-refractivity contribution is 0.0593. The van der Waals surface area contributed by atoms with Crippen LogP contribution in [0.3, 0.4) is 0 Å². The normalized spacial score (nSPS) is 10.0. The van der Waals surface area contributed by atoms with Gasteiger partial charge >= 0.3 is 5.97 Å². The summed E-state index contributed by atoms with van der Waals surface area (Å²) in [6.45, 7) is 0.268. The molecule has 0 atom stereocenters. The molecule has 8 nitrogen and oxygen atoms in total. The Kier molecular flexibility index (Phi) is 5.90. The second kappa shape index (κ2) is 8.72. The molecule has 1 heterocycles. The smallest absolute Gasteiger partial charge is 0.357 e. The molecule has 2 N–H and O–H groups in total. The van der Waals surface area contributed by atoms with Crippen LogP contribution in [0.2, 0.25) is 0 Å². The van der Waals surface area contributed by atoms with Crippen molar-refractivity contribution in [1.82, 2.24) is 4.57 Å². The minimum Gasteiger partial charge on any atom is -0.493 e. The van der Waals surface area contributed by atoms with E-state index in [4.69, 9.17) is 19.9 Å². The van der Waals surface area contributed by atoms with Gasteiger partial charge in [-0.1, -0.05) is 30.3 Å². The van der Waals surface area contributed by atoms with Gasteiger partial charge in [0.25, 0.3) is 0 Å². The van der Waals surface area contributed by atoms with Gasteiger partial charge in [-0.15, -0.1) is 0 Å².